The minimum absolute atomic E-state index is 0.209. The first-order chi connectivity index (χ1) is 8.38. The monoisotopic (exact) mass is 265 g/mol. The van der Waals surface area contributed by atoms with Crippen molar-refractivity contribution in [3.05, 3.63) is 54.1 Å². The van der Waals surface area contributed by atoms with E-state index in [1.807, 2.05) is 36.4 Å². The number of hydrogen-bond acceptors (Lipinski definition) is 3. The van der Waals surface area contributed by atoms with E-state index >= 15 is 0 Å². The highest BCUT2D eigenvalue weighted by Gasteiger charge is 2.28. The van der Waals surface area contributed by atoms with Gasteiger partial charge in [0.25, 0.3) is 0 Å². The van der Waals surface area contributed by atoms with Crippen molar-refractivity contribution in [3.8, 4) is 0 Å². The van der Waals surface area contributed by atoms with E-state index in [0.717, 1.165) is 17.4 Å². The number of nitrogens with one attached hydrogen (secondary N) is 1. The minimum atomic E-state index is -3.44. The topological polar surface area (TPSA) is 66.4 Å². The van der Waals surface area contributed by atoms with E-state index < -0.39 is 15.7 Å². The summed E-state index contributed by atoms with van der Waals surface area (Å²) in [7, 11) is -3.44. The third kappa shape index (κ3) is 3.29. The predicted octanol–water partition coefficient (Wildman–Crippen LogP) is 1.27. The summed E-state index contributed by atoms with van der Waals surface area (Å²) in [6.45, 7) is 0. The third-order valence-corrected chi connectivity index (χ3v) is 3.37. The predicted molar refractivity (Wildman–Crippen MR) is 71.1 cm³/mol. The van der Waals surface area contributed by atoms with Gasteiger partial charge in [-0.1, -0.05) is 42.5 Å². The SMILES string of the molecule is CS(=O)(=O)NC1(O)C=CC(c2ccccc2)=CC1. The second kappa shape index (κ2) is 4.68. The molecule has 0 aliphatic heterocycles. The molecule has 0 spiro atoms. The zero-order valence-corrected chi connectivity index (χ0v) is 10.8. The van der Waals surface area contributed by atoms with Crippen molar-refractivity contribution < 1.29 is 13.5 Å². The Hall–Kier alpha value is -1.43. The lowest BCUT2D eigenvalue weighted by atomic mass is 9.95. The molecule has 0 heterocycles. The van der Waals surface area contributed by atoms with Crippen molar-refractivity contribution in [1.29, 1.82) is 0 Å². The highest BCUT2D eigenvalue weighted by Crippen LogP contribution is 2.25. The molecule has 1 aromatic rings. The Morgan fingerprint density at radius 1 is 1.28 bits per heavy atom. The molecule has 0 fully saturated rings. The molecule has 4 nitrogen and oxygen atoms in total. The van der Waals surface area contributed by atoms with Crippen LogP contribution >= 0.6 is 0 Å². The Morgan fingerprint density at radius 2 is 1.94 bits per heavy atom. The van der Waals surface area contributed by atoms with Crippen molar-refractivity contribution in [2.75, 3.05) is 6.26 Å². The van der Waals surface area contributed by atoms with Gasteiger partial charge >= 0.3 is 0 Å². The van der Waals surface area contributed by atoms with Gasteiger partial charge in [-0.3, -0.25) is 0 Å². The fraction of sp³-hybridized carbons (Fsp3) is 0.231. The highest BCUT2D eigenvalue weighted by atomic mass is 32.2. The van der Waals surface area contributed by atoms with Crippen LogP contribution in [0.3, 0.4) is 0 Å². The van der Waals surface area contributed by atoms with E-state index in [9.17, 15) is 13.5 Å². The fourth-order valence-corrected chi connectivity index (χ4v) is 2.66. The smallest absolute Gasteiger partial charge is 0.211 e. The number of benzene rings is 1. The Morgan fingerprint density at radius 3 is 2.44 bits per heavy atom. The second-order valence-corrected chi connectivity index (χ2v) is 6.11. The summed E-state index contributed by atoms with van der Waals surface area (Å²) in [5, 5.41) is 10.0. The number of hydrogen-bond donors (Lipinski definition) is 2. The van der Waals surface area contributed by atoms with Crippen LogP contribution in [-0.2, 0) is 10.0 Å². The Balaban J connectivity index is 2.17. The van der Waals surface area contributed by atoms with E-state index in [4.69, 9.17) is 0 Å². The van der Waals surface area contributed by atoms with E-state index in [2.05, 4.69) is 4.72 Å². The van der Waals surface area contributed by atoms with Crippen LogP contribution in [0.5, 0.6) is 0 Å². The first-order valence-corrected chi connectivity index (χ1v) is 7.43. The third-order valence-electron chi connectivity index (χ3n) is 2.64. The Kier molecular flexibility index (Phi) is 3.38. The van der Waals surface area contributed by atoms with Crippen LogP contribution in [0, 0.1) is 0 Å². The molecule has 0 radical (unpaired) electrons. The first kappa shape index (κ1) is 13.0. The van der Waals surface area contributed by atoms with Crippen LogP contribution in [0.4, 0.5) is 0 Å². The van der Waals surface area contributed by atoms with Crippen molar-refractivity contribution in [3.63, 3.8) is 0 Å². The molecule has 5 heteroatoms. The summed E-state index contributed by atoms with van der Waals surface area (Å²) in [6, 6.07) is 9.71. The standard InChI is InChI=1S/C13H15NO3S/c1-18(16,17)14-13(15)9-7-12(8-10-13)11-5-3-2-4-6-11/h2-9,14-15H,10H2,1H3. The first-order valence-electron chi connectivity index (χ1n) is 5.54. The van der Waals surface area contributed by atoms with Crippen molar-refractivity contribution >= 4 is 15.6 Å². The van der Waals surface area contributed by atoms with Crippen LogP contribution in [0.1, 0.15) is 12.0 Å². The molecule has 1 aromatic carbocycles. The van der Waals surface area contributed by atoms with Gasteiger partial charge in [-0.25, -0.2) is 8.42 Å². The molecule has 0 amide bonds. The maximum atomic E-state index is 11.1. The molecule has 0 bridgehead atoms. The van der Waals surface area contributed by atoms with Crippen LogP contribution in [0.15, 0.2) is 48.6 Å². The van der Waals surface area contributed by atoms with E-state index in [0.29, 0.717) is 0 Å². The van der Waals surface area contributed by atoms with Crippen molar-refractivity contribution in [1.82, 2.24) is 4.72 Å². The Labute approximate surface area is 107 Å². The molecule has 0 saturated heterocycles. The molecule has 0 saturated carbocycles. The second-order valence-electron chi connectivity index (χ2n) is 4.36. The van der Waals surface area contributed by atoms with Crippen molar-refractivity contribution in [2.24, 2.45) is 0 Å². The molecule has 96 valence electrons. The zero-order chi connectivity index (χ0) is 13.2. The lowest BCUT2D eigenvalue weighted by Gasteiger charge is -2.26. The molecule has 2 N–H and O–H groups in total. The van der Waals surface area contributed by atoms with Crippen LogP contribution in [0.2, 0.25) is 0 Å². The quantitative estimate of drug-likeness (QED) is 0.809. The summed E-state index contributed by atoms with van der Waals surface area (Å²) in [6.07, 6.45) is 6.23. The van der Waals surface area contributed by atoms with E-state index in [1.54, 1.807) is 6.08 Å². The molecule has 2 rings (SSSR count). The molecular weight excluding hydrogens is 250 g/mol. The minimum Gasteiger partial charge on any atom is -0.371 e. The molecule has 1 aliphatic carbocycles. The zero-order valence-electron chi connectivity index (χ0n) is 10.00. The summed E-state index contributed by atoms with van der Waals surface area (Å²) >= 11 is 0. The van der Waals surface area contributed by atoms with Gasteiger partial charge in [0.1, 0.15) is 0 Å². The van der Waals surface area contributed by atoms with Gasteiger partial charge in [-0.15, -0.1) is 0 Å². The highest BCUT2D eigenvalue weighted by molar-refractivity contribution is 7.88. The van der Waals surface area contributed by atoms with Crippen LogP contribution in [-0.4, -0.2) is 25.5 Å². The number of allylic oxidation sites excluding steroid dienone is 2. The molecular formula is C13H15NO3S. The van der Waals surface area contributed by atoms with Gasteiger partial charge in [0.05, 0.1) is 6.26 Å². The number of sulfonamides is 1. The largest absolute Gasteiger partial charge is 0.371 e. The van der Waals surface area contributed by atoms with Gasteiger partial charge in [-0.2, -0.15) is 4.72 Å². The van der Waals surface area contributed by atoms with Gasteiger partial charge in [-0.05, 0) is 17.2 Å². The summed E-state index contributed by atoms with van der Waals surface area (Å²) in [5.74, 6) is 0. The van der Waals surface area contributed by atoms with Gasteiger partial charge in [0.2, 0.25) is 10.0 Å². The number of rotatable bonds is 3. The number of aliphatic hydroxyl groups is 1. The van der Waals surface area contributed by atoms with E-state index in [1.165, 1.54) is 6.08 Å². The lowest BCUT2D eigenvalue weighted by Crippen LogP contribution is -2.46. The molecule has 18 heavy (non-hydrogen) atoms. The van der Waals surface area contributed by atoms with Gasteiger partial charge in [0, 0.05) is 6.42 Å². The average Bonchev–Trinajstić information content (AvgIpc) is 2.28. The average molecular weight is 265 g/mol. The van der Waals surface area contributed by atoms with Crippen molar-refractivity contribution in [2.45, 2.75) is 12.1 Å². The normalized spacial score (nSPS) is 23.8. The molecule has 1 atom stereocenters. The molecule has 1 aliphatic rings. The summed E-state index contributed by atoms with van der Waals surface area (Å²) in [4.78, 5) is 0. The lowest BCUT2D eigenvalue weighted by molar-refractivity contribution is 0.0821. The summed E-state index contributed by atoms with van der Waals surface area (Å²) in [5.41, 5.74) is 0.483. The molecule has 0 aromatic heterocycles. The summed E-state index contributed by atoms with van der Waals surface area (Å²) < 4.78 is 24.5. The molecule has 1 unspecified atom stereocenters. The maximum absolute atomic E-state index is 11.1. The van der Waals surface area contributed by atoms with Gasteiger partial charge in [0.15, 0.2) is 5.72 Å². The maximum Gasteiger partial charge on any atom is 0.211 e. The fourth-order valence-electron chi connectivity index (χ4n) is 1.87. The van der Waals surface area contributed by atoms with Crippen LogP contribution in [0.25, 0.3) is 5.57 Å². The Bertz CT molecular complexity index is 590. The van der Waals surface area contributed by atoms with Gasteiger partial charge < -0.3 is 5.11 Å². The van der Waals surface area contributed by atoms with E-state index in [-0.39, 0.29) is 6.42 Å². The van der Waals surface area contributed by atoms with Crippen LogP contribution < -0.4 is 4.72 Å².